The van der Waals surface area contributed by atoms with Crippen molar-refractivity contribution >= 4 is 29.4 Å². The molecule has 3 heterocycles. The number of ether oxygens (including phenoxy) is 1. The second-order valence-electron chi connectivity index (χ2n) is 9.14. The lowest BCUT2D eigenvalue weighted by Crippen LogP contribution is -2.50. The number of anilines is 1. The average Bonchev–Trinajstić information content (AvgIpc) is 2.92. The lowest BCUT2D eigenvalue weighted by Gasteiger charge is -2.34. The third-order valence-corrected chi connectivity index (χ3v) is 7.68. The fourth-order valence-corrected chi connectivity index (χ4v) is 5.33. The Hall–Kier alpha value is -2.69. The number of carbonyl (C=O) groups excluding carboxylic acids is 2. The van der Waals surface area contributed by atoms with Gasteiger partial charge in [-0.25, -0.2) is 9.97 Å². The van der Waals surface area contributed by atoms with Crippen LogP contribution in [-0.2, 0) is 21.9 Å². The quantitative estimate of drug-likeness (QED) is 0.394. The number of amides is 2. The van der Waals surface area contributed by atoms with Gasteiger partial charge in [-0.1, -0.05) is 30.8 Å². The van der Waals surface area contributed by atoms with Gasteiger partial charge in [-0.2, -0.15) is 0 Å². The molecule has 0 aliphatic carbocycles. The van der Waals surface area contributed by atoms with Crippen LogP contribution >= 0.6 is 11.8 Å². The van der Waals surface area contributed by atoms with Crippen molar-refractivity contribution in [3.8, 4) is 0 Å². The summed E-state index contributed by atoms with van der Waals surface area (Å²) in [5.74, 6) is 1.75. The normalized spacial score (nSPS) is 16.9. The van der Waals surface area contributed by atoms with Crippen LogP contribution in [-0.4, -0.2) is 102 Å². The maximum Gasteiger partial charge on any atom is 0.253 e. The van der Waals surface area contributed by atoms with Crippen LogP contribution in [0.3, 0.4) is 0 Å². The van der Waals surface area contributed by atoms with Gasteiger partial charge in [-0.3, -0.25) is 9.59 Å². The maximum atomic E-state index is 12.9. The van der Waals surface area contributed by atoms with Crippen molar-refractivity contribution < 1.29 is 14.3 Å². The SMILES string of the molecule is CCN1CCN(c2cc(COC)nc(SCc3ccc(C(=O)N4CCN(C(C)=O)CC4)cc3)n2)CC1. The van der Waals surface area contributed by atoms with E-state index in [1.165, 1.54) is 0 Å². The fourth-order valence-electron chi connectivity index (χ4n) is 4.50. The summed E-state index contributed by atoms with van der Waals surface area (Å²) in [6, 6.07) is 9.80. The molecule has 2 aliphatic rings. The summed E-state index contributed by atoms with van der Waals surface area (Å²) in [7, 11) is 1.68. The van der Waals surface area contributed by atoms with Crippen LogP contribution in [0.25, 0.3) is 0 Å². The molecular formula is C26H36N6O3S. The van der Waals surface area contributed by atoms with Gasteiger partial charge in [0.25, 0.3) is 5.91 Å². The van der Waals surface area contributed by atoms with Gasteiger partial charge in [0.05, 0.1) is 12.3 Å². The molecule has 10 heteroatoms. The molecule has 0 radical (unpaired) electrons. The number of benzene rings is 1. The summed E-state index contributed by atoms with van der Waals surface area (Å²) < 4.78 is 5.34. The van der Waals surface area contributed by atoms with Crippen molar-refractivity contribution in [1.82, 2.24) is 24.7 Å². The molecule has 2 amide bonds. The van der Waals surface area contributed by atoms with Gasteiger partial charge in [0.1, 0.15) is 5.82 Å². The van der Waals surface area contributed by atoms with E-state index in [0.717, 1.165) is 55.0 Å². The van der Waals surface area contributed by atoms with E-state index in [1.54, 1.807) is 30.7 Å². The second-order valence-corrected chi connectivity index (χ2v) is 10.1. The zero-order valence-electron chi connectivity index (χ0n) is 21.5. The largest absolute Gasteiger partial charge is 0.378 e. The summed E-state index contributed by atoms with van der Waals surface area (Å²) in [4.78, 5) is 42.3. The first-order valence-electron chi connectivity index (χ1n) is 12.6. The molecule has 0 atom stereocenters. The molecular weight excluding hydrogens is 476 g/mol. The van der Waals surface area contributed by atoms with E-state index in [4.69, 9.17) is 14.7 Å². The van der Waals surface area contributed by atoms with Crippen molar-refractivity contribution in [2.45, 2.75) is 31.4 Å². The summed E-state index contributed by atoms with van der Waals surface area (Å²) in [6.07, 6.45) is 0. The Labute approximate surface area is 217 Å². The highest BCUT2D eigenvalue weighted by Crippen LogP contribution is 2.24. The van der Waals surface area contributed by atoms with Crippen molar-refractivity contribution in [1.29, 1.82) is 0 Å². The summed E-state index contributed by atoms with van der Waals surface area (Å²) >= 11 is 1.59. The predicted molar refractivity (Wildman–Crippen MR) is 141 cm³/mol. The molecule has 2 fully saturated rings. The molecule has 0 bridgehead atoms. The second kappa shape index (κ2) is 12.5. The lowest BCUT2D eigenvalue weighted by atomic mass is 10.1. The fraction of sp³-hybridized carbons (Fsp3) is 0.538. The molecule has 0 N–H and O–H groups in total. The molecule has 2 aliphatic heterocycles. The van der Waals surface area contributed by atoms with Crippen molar-refractivity contribution in [2.75, 3.05) is 70.9 Å². The average molecular weight is 513 g/mol. The number of piperazine rings is 2. The highest BCUT2D eigenvalue weighted by atomic mass is 32.2. The smallest absolute Gasteiger partial charge is 0.253 e. The topological polar surface area (TPSA) is 82.1 Å². The third kappa shape index (κ3) is 6.74. The number of hydrogen-bond acceptors (Lipinski definition) is 8. The first-order chi connectivity index (χ1) is 17.5. The van der Waals surface area contributed by atoms with Crippen molar-refractivity contribution in [2.24, 2.45) is 0 Å². The molecule has 194 valence electrons. The van der Waals surface area contributed by atoms with Gasteiger partial charge in [-0.15, -0.1) is 0 Å². The molecule has 1 aromatic heterocycles. The Bertz CT molecular complexity index is 1030. The molecule has 2 saturated heterocycles. The number of hydrogen-bond donors (Lipinski definition) is 0. The Morgan fingerprint density at radius 2 is 1.61 bits per heavy atom. The first-order valence-corrected chi connectivity index (χ1v) is 13.6. The lowest BCUT2D eigenvalue weighted by molar-refractivity contribution is -0.130. The van der Waals surface area contributed by atoms with E-state index in [9.17, 15) is 9.59 Å². The minimum atomic E-state index is 0.0146. The van der Waals surface area contributed by atoms with Crippen LogP contribution in [0.15, 0.2) is 35.5 Å². The van der Waals surface area contributed by atoms with Gasteiger partial charge in [0.2, 0.25) is 5.91 Å². The number of thioether (sulfide) groups is 1. The van der Waals surface area contributed by atoms with E-state index in [2.05, 4.69) is 16.7 Å². The van der Waals surface area contributed by atoms with Crippen LogP contribution in [0.5, 0.6) is 0 Å². The third-order valence-electron chi connectivity index (χ3n) is 6.76. The number of aromatic nitrogens is 2. The zero-order valence-corrected chi connectivity index (χ0v) is 22.3. The molecule has 9 nitrogen and oxygen atoms in total. The van der Waals surface area contributed by atoms with E-state index in [1.807, 2.05) is 35.2 Å². The number of carbonyl (C=O) groups is 2. The first kappa shape index (κ1) is 26.4. The van der Waals surface area contributed by atoms with E-state index >= 15 is 0 Å². The van der Waals surface area contributed by atoms with Crippen LogP contribution < -0.4 is 4.90 Å². The summed E-state index contributed by atoms with van der Waals surface area (Å²) in [5.41, 5.74) is 2.66. The minimum absolute atomic E-state index is 0.0146. The highest BCUT2D eigenvalue weighted by molar-refractivity contribution is 7.98. The Balaban J connectivity index is 1.36. The number of likely N-dealkylation sites (N-methyl/N-ethyl adjacent to an activating group) is 1. The Morgan fingerprint density at radius 3 is 2.22 bits per heavy atom. The van der Waals surface area contributed by atoms with Gasteiger partial charge in [-0.05, 0) is 24.2 Å². The molecule has 1 aromatic carbocycles. The molecule has 4 rings (SSSR count). The van der Waals surface area contributed by atoms with Gasteiger partial charge in [0, 0.05) is 83.8 Å². The van der Waals surface area contributed by atoms with Gasteiger partial charge in [0.15, 0.2) is 5.16 Å². The highest BCUT2D eigenvalue weighted by Gasteiger charge is 2.23. The van der Waals surface area contributed by atoms with E-state index in [0.29, 0.717) is 44.1 Å². The van der Waals surface area contributed by atoms with Crippen LogP contribution in [0.2, 0.25) is 0 Å². The van der Waals surface area contributed by atoms with Crippen molar-refractivity contribution in [3.05, 3.63) is 47.2 Å². The predicted octanol–water partition coefficient (Wildman–Crippen LogP) is 2.36. The van der Waals surface area contributed by atoms with Crippen molar-refractivity contribution in [3.63, 3.8) is 0 Å². The molecule has 0 spiro atoms. The standard InChI is InChI=1S/C26H36N6O3S/c1-4-29-9-11-31(12-10-29)24-17-23(18-35-3)27-26(28-24)36-19-21-5-7-22(8-6-21)25(34)32-15-13-30(14-16-32)20(2)33/h5-8,17H,4,9-16,18-19H2,1-3H3. The Morgan fingerprint density at radius 1 is 0.944 bits per heavy atom. The monoisotopic (exact) mass is 512 g/mol. The minimum Gasteiger partial charge on any atom is -0.378 e. The number of rotatable bonds is 8. The molecule has 2 aromatic rings. The number of methoxy groups -OCH3 is 1. The van der Waals surface area contributed by atoms with Crippen LogP contribution in [0.1, 0.15) is 35.5 Å². The molecule has 0 unspecified atom stereocenters. The maximum absolute atomic E-state index is 12.9. The van der Waals surface area contributed by atoms with Gasteiger partial charge >= 0.3 is 0 Å². The van der Waals surface area contributed by atoms with Crippen LogP contribution in [0, 0.1) is 0 Å². The molecule has 36 heavy (non-hydrogen) atoms. The Kier molecular flexibility index (Phi) is 9.17. The summed E-state index contributed by atoms with van der Waals surface area (Å²) in [5, 5.41) is 0.737. The molecule has 0 saturated carbocycles. The van der Waals surface area contributed by atoms with Gasteiger partial charge < -0.3 is 24.3 Å². The van der Waals surface area contributed by atoms with E-state index in [-0.39, 0.29) is 11.8 Å². The van der Waals surface area contributed by atoms with Crippen LogP contribution in [0.4, 0.5) is 5.82 Å². The number of nitrogens with zero attached hydrogens (tertiary/aromatic N) is 6. The zero-order chi connectivity index (χ0) is 25.5. The summed E-state index contributed by atoms with van der Waals surface area (Å²) in [6.45, 7) is 11.6. The van der Waals surface area contributed by atoms with E-state index < -0.39 is 0 Å².